The molecule has 0 rings (SSSR count). The highest BCUT2D eigenvalue weighted by atomic mass is 31.2. The van der Waals surface area contributed by atoms with E-state index in [4.69, 9.17) is 19.5 Å². The van der Waals surface area contributed by atoms with Crippen LogP contribution in [0.25, 0.3) is 0 Å². The first-order valence-corrected chi connectivity index (χ1v) is 16.7. The van der Waals surface area contributed by atoms with Gasteiger partial charge >= 0.3 is 0 Å². The number of aliphatic hydroxyl groups is 3. The van der Waals surface area contributed by atoms with Gasteiger partial charge in [-0.2, -0.15) is 0 Å². The first-order chi connectivity index (χ1) is 18.1. The fourth-order valence-corrected chi connectivity index (χ4v) is 6.57. The summed E-state index contributed by atoms with van der Waals surface area (Å²) in [6.07, 6.45) is 20.1. The molecule has 38 heavy (non-hydrogen) atoms. The van der Waals surface area contributed by atoms with Crippen LogP contribution in [-0.2, 0) is 13.8 Å². The zero-order valence-corrected chi connectivity index (χ0v) is 25.8. The lowest BCUT2D eigenvalue weighted by atomic mass is 10.1. The van der Waals surface area contributed by atoms with Crippen LogP contribution in [0.1, 0.15) is 117 Å². The first kappa shape index (κ1) is 37.7. The molecule has 0 spiro atoms. The summed E-state index contributed by atoms with van der Waals surface area (Å²) < 4.78 is 23.4. The molecule has 0 amide bonds. The Labute approximate surface area is 233 Å². The third-order valence-electron chi connectivity index (χ3n) is 7.06. The van der Waals surface area contributed by atoms with Crippen LogP contribution in [0.5, 0.6) is 0 Å². The molecule has 3 N–H and O–H groups in total. The van der Waals surface area contributed by atoms with Crippen molar-refractivity contribution >= 4 is 7.60 Å². The summed E-state index contributed by atoms with van der Waals surface area (Å²) in [4.78, 5) is 12.7. The summed E-state index contributed by atoms with van der Waals surface area (Å²) in [5.74, 6) is -0.839. The van der Waals surface area contributed by atoms with Crippen LogP contribution in [0, 0.1) is 0 Å². The zero-order valence-electron chi connectivity index (χ0n) is 24.9. The van der Waals surface area contributed by atoms with Crippen molar-refractivity contribution in [1.82, 2.24) is 0 Å². The van der Waals surface area contributed by atoms with E-state index < -0.39 is 25.8 Å². The molecule has 0 saturated carbocycles. The van der Waals surface area contributed by atoms with E-state index >= 15 is 0 Å². The average molecular weight is 566 g/mol. The van der Waals surface area contributed by atoms with E-state index in [2.05, 4.69) is 19.1 Å². The number of rotatable bonds is 27. The maximum absolute atomic E-state index is 12.7. The van der Waals surface area contributed by atoms with Gasteiger partial charge in [-0.1, -0.05) is 83.8 Å². The second kappa shape index (κ2) is 23.4. The van der Waals surface area contributed by atoms with E-state index in [1.54, 1.807) is 21.0 Å². The summed E-state index contributed by atoms with van der Waals surface area (Å²) in [5.41, 5.74) is 0. The number of hydrogen-bond donors (Lipinski definition) is 3. The van der Waals surface area contributed by atoms with Gasteiger partial charge in [0.25, 0.3) is 0 Å². The molecular formula is C29H60NO7P. The summed E-state index contributed by atoms with van der Waals surface area (Å²) in [6.45, 7) is 4.50. The summed E-state index contributed by atoms with van der Waals surface area (Å²) >= 11 is 0. The van der Waals surface area contributed by atoms with E-state index in [-0.39, 0.29) is 30.7 Å². The lowest BCUT2D eigenvalue weighted by molar-refractivity contribution is -0.904. The number of hydrogen-bond acceptors (Lipinski definition) is 7. The van der Waals surface area contributed by atoms with Crippen molar-refractivity contribution < 1.29 is 38.5 Å². The molecule has 0 saturated heterocycles. The van der Waals surface area contributed by atoms with Gasteiger partial charge in [0.1, 0.15) is 6.10 Å². The maximum atomic E-state index is 12.7. The Bertz CT molecular complexity index is 616. The number of unbranched alkanes of at least 4 members (excludes halogenated alkanes) is 12. The third kappa shape index (κ3) is 20.6. The van der Waals surface area contributed by atoms with Crippen LogP contribution < -0.4 is 4.89 Å². The summed E-state index contributed by atoms with van der Waals surface area (Å²) in [6, 6.07) is 0. The Balaban J connectivity index is 3.81. The third-order valence-corrected chi connectivity index (χ3v) is 9.29. The second-order valence-electron chi connectivity index (χ2n) is 11.2. The van der Waals surface area contributed by atoms with E-state index in [0.29, 0.717) is 13.0 Å². The van der Waals surface area contributed by atoms with Crippen molar-refractivity contribution in [2.45, 2.75) is 135 Å². The van der Waals surface area contributed by atoms with Gasteiger partial charge in [-0.05, 0) is 32.1 Å². The fourth-order valence-electron chi connectivity index (χ4n) is 4.69. The predicted octanol–water partition coefficient (Wildman–Crippen LogP) is 5.48. The molecular weight excluding hydrogens is 505 g/mol. The predicted molar refractivity (Wildman–Crippen MR) is 154 cm³/mol. The first-order valence-electron chi connectivity index (χ1n) is 15.1. The molecule has 0 fully saturated rings. The Morgan fingerprint density at radius 1 is 0.816 bits per heavy atom. The largest absolute Gasteiger partial charge is 0.774 e. The molecule has 228 valence electrons. The lowest BCUT2D eigenvalue weighted by Crippen LogP contribution is -2.51. The Kier molecular flexibility index (Phi) is 23.2. The number of allylic oxidation sites excluding steroid dienone is 2. The summed E-state index contributed by atoms with van der Waals surface area (Å²) in [5, 5.41) is 28.3. The lowest BCUT2D eigenvalue weighted by Gasteiger charge is -2.43. The molecule has 0 aliphatic rings. The van der Waals surface area contributed by atoms with Gasteiger partial charge in [-0.15, -0.1) is 0 Å². The van der Waals surface area contributed by atoms with Gasteiger partial charge < -0.3 is 38.5 Å². The van der Waals surface area contributed by atoms with E-state index in [1.165, 1.54) is 64.2 Å². The molecule has 0 aliphatic carbocycles. The van der Waals surface area contributed by atoms with Crippen molar-refractivity contribution in [3.63, 3.8) is 0 Å². The van der Waals surface area contributed by atoms with Crippen LogP contribution in [0.3, 0.4) is 0 Å². The molecule has 0 aromatic carbocycles. The quantitative estimate of drug-likeness (QED) is 0.0396. The smallest absolute Gasteiger partial charge is 0.193 e. The Morgan fingerprint density at radius 3 is 1.87 bits per heavy atom. The highest BCUT2D eigenvalue weighted by Crippen LogP contribution is 2.48. The number of ether oxygens (including phenoxy) is 1. The van der Waals surface area contributed by atoms with Crippen LogP contribution in [0.4, 0.5) is 0 Å². The minimum Gasteiger partial charge on any atom is -0.774 e. The molecule has 0 aliphatic heterocycles. The standard InChI is InChI=1S/C29H60NO7P/c1-5-7-8-9-10-11-12-13-14-15-16-17-18-19-20-21-24-36-25-27(31)26-37-38(34,35)28(6-2)30(3,4)23-22-29(32)33/h16-17,27-29,31-33H,5-15,18-26H2,1-4H3/b17-16-/t27-,28?/m1/s1. The van der Waals surface area contributed by atoms with Crippen molar-refractivity contribution in [3.8, 4) is 0 Å². The highest BCUT2D eigenvalue weighted by Gasteiger charge is 2.37. The molecule has 0 heterocycles. The molecule has 0 bridgehead atoms. The van der Waals surface area contributed by atoms with Crippen LogP contribution in [0.15, 0.2) is 12.2 Å². The molecule has 3 atom stereocenters. The van der Waals surface area contributed by atoms with E-state index in [1.807, 2.05) is 0 Å². The molecule has 9 heteroatoms. The fraction of sp³-hybridized carbons (Fsp3) is 0.931. The van der Waals surface area contributed by atoms with Crippen molar-refractivity contribution in [2.24, 2.45) is 0 Å². The maximum Gasteiger partial charge on any atom is 0.193 e. The SMILES string of the molecule is CCCCCCCCCCC/C=C\CCCCCOC[C@@H](O)COP(=O)([O-])C(CC)[N+](C)(C)CCC(O)O. The normalized spacial score (nSPS) is 15.8. The number of quaternary nitrogens is 1. The van der Waals surface area contributed by atoms with Gasteiger partial charge in [-0.3, -0.25) is 0 Å². The minimum atomic E-state index is -4.28. The second-order valence-corrected chi connectivity index (χ2v) is 13.1. The van der Waals surface area contributed by atoms with Crippen molar-refractivity contribution in [2.75, 3.05) is 40.5 Å². The van der Waals surface area contributed by atoms with Crippen molar-refractivity contribution in [3.05, 3.63) is 12.2 Å². The van der Waals surface area contributed by atoms with Gasteiger partial charge in [-0.25, -0.2) is 0 Å². The van der Waals surface area contributed by atoms with E-state index in [0.717, 1.165) is 25.7 Å². The average Bonchev–Trinajstić information content (AvgIpc) is 2.85. The monoisotopic (exact) mass is 565 g/mol. The van der Waals surface area contributed by atoms with Crippen LogP contribution in [-0.4, -0.2) is 78.4 Å². The Hall–Kier alpha value is -0.310. The van der Waals surface area contributed by atoms with Crippen LogP contribution in [0.2, 0.25) is 0 Å². The van der Waals surface area contributed by atoms with Crippen LogP contribution >= 0.6 is 7.60 Å². The topological polar surface area (TPSA) is 119 Å². The van der Waals surface area contributed by atoms with Gasteiger partial charge in [0.05, 0.1) is 33.9 Å². The summed E-state index contributed by atoms with van der Waals surface area (Å²) in [7, 11) is -0.839. The molecule has 0 aromatic rings. The Morgan fingerprint density at radius 2 is 1.34 bits per heavy atom. The van der Waals surface area contributed by atoms with Gasteiger partial charge in [0.15, 0.2) is 19.7 Å². The van der Waals surface area contributed by atoms with Gasteiger partial charge in [0.2, 0.25) is 0 Å². The minimum absolute atomic E-state index is 0.0321. The number of nitrogens with zero attached hydrogens (tertiary/aromatic N) is 1. The zero-order chi connectivity index (χ0) is 28.7. The molecule has 8 nitrogen and oxygen atoms in total. The molecule has 2 unspecified atom stereocenters. The van der Waals surface area contributed by atoms with E-state index in [9.17, 15) is 14.6 Å². The molecule has 0 radical (unpaired) electrons. The molecule has 0 aromatic heterocycles. The number of aliphatic hydroxyl groups excluding tert-OH is 2. The van der Waals surface area contributed by atoms with Crippen molar-refractivity contribution in [1.29, 1.82) is 0 Å². The van der Waals surface area contributed by atoms with Gasteiger partial charge in [0, 0.05) is 19.4 Å². The highest BCUT2D eigenvalue weighted by molar-refractivity contribution is 7.51.